The van der Waals surface area contributed by atoms with Gasteiger partial charge in [0.15, 0.2) is 0 Å². The van der Waals surface area contributed by atoms with E-state index < -0.39 is 0 Å². The number of aromatic nitrogens is 1. The molecule has 19 heavy (non-hydrogen) atoms. The zero-order valence-electron chi connectivity index (χ0n) is 11.1. The number of carbonyl (C=O) groups is 1. The highest BCUT2D eigenvalue weighted by molar-refractivity contribution is 5.98. The minimum Gasteiger partial charge on any atom is -0.385 e. The van der Waals surface area contributed by atoms with Gasteiger partial charge < -0.3 is 14.6 Å². The van der Waals surface area contributed by atoms with Gasteiger partial charge in [-0.1, -0.05) is 6.07 Å². The van der Waals surface area contributed by atoms with Crippen LogP contribution in [0.4, 0.5) is 4.39 Å². The number of nitrogens with one attached hydrogen (secondary N) is 1. The first-order valence-electron chi connectivity index (χ1n) is 6.16. The van der Waals surface area contributed by atoms with E-state index in [0.29, 0.717) is 29.7 Å². The van der Waals surface area contributed by atoms with E-state index in [2.05, 4.69) is 5.32 Å². The highest BCUT2D eigenvalue weighted by Gasteiger charge is 2.14. The van der Waals surface area contributed by atoms with Crippen LogP contribution in [0, 0.1) is 5.82 Å². The maximum absolute atomic E-state index is 13.6. The number of nitrogens with zero attached hydrogens (tertiary/aromatic N) is 1. The van der Waals surface area contributed by atoms with Crippen LogP contribution in [0.2, 0.25) is 0 Å². The second kappa shape index (κ2) is 5.84. The fourth-order valence-electron chi connectivity index (χ4n) is 2.05. The summed E-state index contributed by atoms with van der Waals surface area (Å²) in [6.45, 7) is 1.14. The van der Waals surface area contributed by atoms with Gasteiger partial charge in [-0.3, -0.25) is 4.79 Å². The van der Waals surface area contributed by atoms with Gasteiger partial charge in [0.2, 0.25) is 0 Å². The molecule has 5 heteroatoms. The molecule has 1 aromatic heterocycles. The van der Waals surface area contributed by atoms with Crippen molar-refractivity contribution >= 4 is 16.8 Å². The van der Waals surface area contributed by atoms with E-state index >= 15 is 0 Å². The molecule has 4 nitrogen and oxygen atoms in total. The molecule has 2 rings (SSSR count). The molecule has 1 aromatic carbocycles. The Morgan fingerprint density at radius 3 is 2.95 bits per heavy atom. The van der Waals surface area contributed by atoms with Gasteiger partial charge in [-0.25, -0.2) is 4.39 Å². The number of benzene rings is 1. The van der Waals surface area contributed by atoms with E-state index in [9.17, 15) is 9.18 Å². The average molecular weight is 264 g/mol. The van der Waals surface area contributed by atoms with Crippen LogP contribution in [-0.2, 0) is 11.8 Å². The topological polar surface area (TPSA) is 43.3 Å². The Labute approximate surface area is 111 Å². The number of hydrogen-bond acceptors (Lipinski definition) is 2. The van der Waals surface area contributed by atoms with E-state index in [0.717, 1.165) is 6.42 Å². The lowest BCUT2D eigenvalue weighted by atomic mass is 10.2. The van der Waals surface area contributed by atoms with Crippen LogP contribution in [0.3, 0.4) is 0 Å². The summed E-state index contributed by atoms with van der Waals surface area (Å²) >= 11 is 0. The third-order valence-electron chi connectivity index (χ3n) is 3.08. The summed E-state index contributed by atoms with van der Waals surface area (Å²) in [5, 5.41) is 3.26. The molecule has 2 aromatic rings. The van der Waals surface area contributed by atoms with E-state index in [-0.39, 0.29) is 11.7 Å². The van der Waals surface area contributed by atoms with Crippen molar-refractivity contribution in [1.82, 2.24) is 9.88 Å². The van der Waals surface area contributed by atoms with Crippen molar-refractivity contribution in [3.8, 4) is 0 Å². The molecule has 1 heterocycles. The van der Waals surface area contributed by atoms with Crippen LogP contribution < -0.4 is 5.32 Å². The molecule has 1 N–H and O–H groups in total. The molecule has 0 aliphatic heterocycles. The van der Waals surface area contributed by atoms with Crippen LogP contribution in [0.1, 0.15) is 16.9 Å². The number of ether oxygens (including phenoxy) is 1. The largest absolute Gasteiger partial charge is 0.385 e. The van der Waals surface area contributed by atoms with Crippen molar-refractivity contribution in [3.63, 3.8) is 0 Å². The van der Waals surface area contributed by atoms with Crippen LogP contribution in [-0.4, -0.2) is 30.7 Å². The van der Waals surface area contributed by atoms with Crippen LogP contribution in [0.15, 0.2) is 24.3 Å². The van der Waals surface area contributed by atoms with Crippen molar-refractivity contribution in [2.75, 3.05) is 20.3 Å². The Bertz CT molecular complexity index is 592. The number of halogens is 1. The number of fused-ring (bicyclic) bond motifs is 1. The van der Waals surface area contributed by atoms with Crippen molar-refractivity contribution < 1.29 is 13.9 Å². The number of amides is 1. The standard InChI is InChI=1S/C14H17FN2O2/c1-17-12-6-3-5-11(15)10(12)9-13(17)14(18)16-7-4-8-19-2/h3,5-6,9H,4,7-8H2,1-2H3,(H,16,18). The summed E-state index contributed by atoms with van der Waals surface area (Å²) in [5.41, 5.74) is 1.17. The van der Waals surface area contributed by atoms with Crippen LogP contribution >= 0.6 is 0 Å². The molecule has 1 amide bonds. The third-order valence-corrected chi connectivity index (χ3v) is 3.08. The Morgan fingerprint density at radius 1 is 1.47 bits per heavy atom. The molecule has 0 unspecified atom stereocenters. The smallest absolute Gasteiger partial charge is 0.267 e. The van der Waals surface area contributed by atoms with E-state index in [1.165, 1.54) is 6.07 Å². The quantitative estimate of drug-likeness (QED) is 0.840. The molecular formula is C14H17FN2O2. The zero-order valence-corrected chi connectivity index (χ0v) is 11.1. The fourth-order valence-corrected chi connectivity index (χ4v) is 2.05. The SMILES string of the molecule is COCCCNC(=O)c1cc2c(F)cccc2n1C. The average Bonchev–Trinajstić information content (AvgIpc) is 2.74. The summed E-state index contributed by atoms with van der Waals surface area (Å²) in [4.78, 5) is 12.0. The summed E-state index contributed by atoms with van der Waals surface area (Å²) in [7, 11) is 3.38. The molecule has 0 saturated carbocycles. The number of carbonyl (C=O) groups excluding carboxylic acids is 1. The lowest BCUT2D eigenvalue weighted by molar-refractivity contribution is 0.0941. The van der Waals surface area contributed by atoms with Gasteiger partial charge in [0.25, 0.3) is 5.91 Å². The molecule has 0 fully saturated rings. The van der Waals surface area contributed by atoms with Gasteiger partial charge in [-0.15, -0.1) is 0 Å². The van der Waals surface area contributed by atoms with E-state index in [1.807, 2.05) is 0 Å². The Balaban J connectivity index is 2.18. The van der Waals surface area contributed by atoms with Gasteiger partial charge in [0.1, 0.15) is 11.5 Å². The normalized spacial score (nSPS) is 10.9. The number of aryl methyl sites for hydroxylation is 1. The van der Waals surface area contributed by atoms with E-state index in [1.54, 1.807) is 36.9 Å². The maximum Gasteiger partial charge on any atom is 0.267 e. The fraction of sp³-hybridized carbons (Fsp3) is 0.357. The number of hydrogen-bond donors (Lipinski definition) is 1. The molecule has 0 aliphatic rings. The molecule has 102 valence electrons. The first kappa shape index (κ1) is 13.5. The van der Waals surface area contributed by atoms with Gasteiger partial charge in [0, 0.05) is 32.7 Å². The Kier molecular flexibility index (Phi) is 4.16. The van der Waals surface area contributed by atoms with Crippen LogP contribution in [0.25, 0.3) is 10.9 Å². The van der Waals surface area contributed by atoms with Gasteiger partial charge in [-0.2, -0.15) is 0 Å². The van der Waals surface area contributed by atoms with Crippen molar-refractivity contribution in [1.29, 1.82) is 0 Å². The van der Waals surface area contributed by atoms with Crippen LogP contribution in [0.5, 0.6) is 0 Å². The second-order valence-corrected chi connectivity index (χ2v) is 4.36. The van der Waals surface area contributed by atoms with Crippen molar-refractivity contribution in [2.45, 2.75) is 6.42 Å². The van der Waals surface area contributed by atoms with Gasteiger partial charge in [-0.05, 0) is 24.6 Å². The zero-order chi connectivity index (χ0) is 13.8. The Morgan fingerprint density at radius 2 is 2.26 bits per heavy atom. The van der Waals surface area contributed by atoms with Crippen molar-refractivity contribution in [2.24, 2.45) is 7.05 Å². The van der Waals surface area contributed by atoms with Gasteiger partial charge in [0.05, 0.1) is 5.52 Å². The molecule has 0 spiro atoms. The van der Waals surface area contributed by atoms with E-state index in [4.69, 9.17) is 4.74 Å². The number of rotatable bonds is 5. The summed E-state index contributed by atoms with van der Waals surface area (Å²) < 4.78 is 20.2. The minimum absolute atomic E-state index is 0.200. The second-order valence-electron chi connectivity index (χ2n) is 4.36. The monoisotopic (exact) mass is 264 g/mol. The number of methoxy groups -OCH3 is 1. The summed E-state index contributed by atoms with van der Waals surface area (Å²) in [6, 6.07) is 6.40. The maximum atomic E-state index is 13.6. The molecule has 0 saturated heterocycles. The molecule has 0 aliphatic carbocycles. The van der Waals surface area contributed by atoms with Crippen molar-refractivity contribution in [3.05, 3.63) is 35.8 Å². The predicted octanol–water partition coefficient (Wildman–Crippen LogP) is 2.08. The summed E-state index contributed by atoms with van der Waals surface area (Å²) in [6.07, 6.45) is 0.751. The molecule has 0 atom stereocenters. The highest BCUT2D eigenvalue weighted by atomic mass is 19.1. The first-order valence-corrected chi connectivity index (χ1v) is 6.16. The predicted molar refractivity (Wildman–Crippen MR) is 71.7 cm³/mol. The molecule has 0 bridgehead atoms. The van der Waals surface area contributed by atoms with Gasteiger partial charge >= 0.3 is 0 Å². The highest BCUT2D eigenvalue weighted by Crippen LogP contribution is 2.21. The molecular weight excluding hydrogens is 247 g/mol. The Hall–Kier alpha value is -1.88. The lowest BCUT2D eigenvalue weighted by Crippen LogP contribution is -2.26. The molecule has 0 radical (unpaired) electrons. The summed E-state index contributed by atoms with van der Waals surface area (Å²) in [5.74, 6) is -0.513. The lowest BCUT2D eigenvalue weighted by Gasteiger charge is -2.06. The minimum atomic E-state index is -0.313. The first-order chi connectivity index (χ1) is 9.15. The third kappa shape index (κ3) is 2.76.